The molecule has 1 aromatic heterocycles. The molecule has 0 bridgehead atoms. The van der Waals surface area contributed by atoms with Crippen LogP contribution in [0.3, 0.4) is 0 Å². The molecule has 1 fully saturated rings. The van der Waals surface area contributed by atoms with Crippen molar-refractivity contribution in [3.63, 3.8) is 0 Å². The highest BCUT2D eigenvalue weighted by atomic mass is 15.1. The van der Waals surface area contributed by atoms with Gasteiger partial charge in [0.1, 0.15) is 18.0 Å². The van der Waals surface area contributed by atoms with Crippen molar-refractivity contribution >= 4 is 11.6 Å². The fraction of sp³-hybridized carbons (Fsp3) is 0.733. The van der Waals surface area contributed by atoms with Crippen molar-refractivity contribution in [1.29, 1.82) is 0 Å². The van der Waals surface area contributed by atoms with Gasteiger partial charge in [0.15, 0.2) is 0 Å². The van der Waals surface area contributed by atoms with Gasteiger partial charge in [-0.15, -0.1) is 0 Å². The summed E-state index contributed by atoms with van der Waals surface area (Å²) in [5.41, 5.74) is 1.66. The number of anilines is 2. The third kappa shape index (κ3) is 3.17. The zero-order valence-corrected chi connectivity index (χ0v) is 12.6. The van der Waals surface area contributed by atoms with Crippen LogP contribution in [0.1, 0.15) is 58.4 Å². The maximum absolute atomic E-state index is 4.44. The molecule has 106 valence electrons. The normalized spacial score (nSPS) is 17.1. The van der Waals surface area contributed by atoms with E-state index in [9.17, 15) is 0 Å². The van der Waals surface area contributed by atoms with Crippen LogP contribution >= 0.6 is 0 Å². The summed E-state index contributed by atoms with van der Waals surface area (Å²) in [5, 5.41) is 6.88. The number of aromatic nitrogens is 2. The van der Waals surface area contributed by atoms with E-state index in [1.165, 1.54) is 24.8 Å². The van der Waals surface area contributed by atoms with Gasteiger partial charge in [0.25, 0.3) is 0 Å². The zero-order valence-electron chi connectivity index (χ0n) is 12.6. The molecule has 0 atom stereocenters. The first kappa shape index (κ1) is 14.1. The highest BCUT2D eigenvalue weighted by Crippen LogP contribution is 2.40. The number of nitrogens with one attached hydrogen (secondary N) is 2. The lowest BCUT2D eigenvalue weighted by Gasteiger charge is -2.38. The fourth-order valence-corrected chi connectivity index (χ4v) is 2.65. The molecular weight excluding hydrogens is 236 g/mol. The summed E-state index contributed by atoms with van der Waals surface area (Å²) >= 11 is 0. The van der Waals surface area contributed by atoms with E-state index < -0.39 is 0 Å². The van der Waals surface area contributed by atoms with E-state index in [-0.39, 0.29) is 0 Å². The average molecular weight is 262 g/mol. The zero-order chi connectivity index (χ0) is 13.9. The third-order valence-electron chi connectivity index (χ3n) is 4.05. The number of rotatable bonds is 6. The topological polar surface area (TPSA) is 49.8 Å². The van der Waals surface area contributed by atoms with Crippen LogP contribution in [0.4, 0.5) is 11.6 Å². The molecule has 1 heterocycles. The summed E-state index contributed by atoms with van der Waals surface area (Å²) in [6.45, 7) is 10.7. The van der Waals surface area contributed by atoms with Gasteiger partial charge in [-0.05, 0) is 31.1 Å². The summed E-state index contributed by atoms with van der Waals surface area (Å²) in [7, 11) is 0. The molecule has 0 unspecified atom stereocenters. The van der Waals surface area contributed by atoms with Gasteiger partial charge < -0.3 is 10.6 Å². The molecule has 1 aliphatic rings. The van der Waals surface area contributed by atoms with Crippen LogP contribution in [0.2, 0.25) is 0 Å². The second kappa shape index (κ2) is 5.76. The highest BCUT2D eigenvalue weighted by Gasteiger charge is 2.31. The molecule has 0 saturated heterocycles. The van der Waals surface area contributed by atoms with Crippen LogP contribution in [0.5, 0.6) is 0 Å². The molecular formula is C15H26N4. The molecule has 0 aromatic carbocycles. The van der Waals surface area contributed by atoms with E-state index in [1.807, 2.05) is 0 Å². The van der Waals surface area contributed by atoms with E-state index >= 15 is 0 Å². The second-order valence-electron chi connectivity index (χ2n) is 6.19. The highest BCUT2D eigenvalue weighted by molar-refractivity contribution is 5.59. The molecule has 0 aliphatic heterocycles. The Hall–Kier alpha value is -1.32. The Morgan fingerprint density at radius 2 is 1.84 bits per heavy atom. The number of hydrogen-bond acceptors (Lipinski definition) is 4. The maximum atomic E-state index is 4.44. The summed E-state index contributed by atoms with van der Waals surface area (Å²) in [4.78, 5) is 8.81. The summed E-state index contributed by atoms with van der Waals surface area (Å²) in [6.07, 6.45) is 5.65. The van der Waals surface area contributed by atoms with Gasteiger partial charge in [-0.1, -0.05) is 27.2 Å². The molecule has 0 radical (unpaired) electrons. The van der Waals surface area contributed by atoms with Gasteiger partial charge >= 0.3 is 0 Å². The molecule has 0 spiro atoms. The van der Waals surface area contributed by atoms with Crippen LogP contribution in [0.15, 0.2) is 6.33 Å². The van der Waals surface area contributed by atoms with Crippen LogP contribution in [0.25, 0.3) is 0 Å². The second-order valence-corrected chi connectivity index (χ2v) is 6.19. The Labute approximate surface area is 116 Å². The summed E-state index contributed by atoms with van der Waals surface area (Å²) in [5.74, 6) is 2.37. The van der Waals surface area contributed by atoms with Crippen LogP contribution in [-0.2, 0) is 0 Å². The Morgan fingerprint density at radius 1 is 1.21 bits per heavy atom. The van der Waals surface area contributed by atoms with E-state index in [0.29, 0.717) is 11.3 Å². The minimum absolute atomic E-state index is 0.409. The van der Waals surface area contributed by atoms with Crippen LogP contribution in [0, 0.1) is 5.41 Å². The Kier molecular flexibility index (Phi) is 4.27. The van der Waals surface area contributed by atoms with Crippen LogP contribution < -0.4 is 10.6 Å². The van der Waals surface area contributed by atoms with Gasteiger partial charge in [0.05, 0.1) is 0 Å². The van der Waals surface area contributed by atoms with Gasteiger partial charge in [-0.3, -0.25) is 0 Å². The van der Waals surface area contributed by atoms with Crippen molar-refractivity contribution in [2.24, 2.45) is 5.41 Å². The third-order valence-corrected chi connectivity index (χ3v) is 4.05. The van der Waals surface area contributed by atoms with E-state index in [2.05, 4.69) is 48.3 Å². The quantitative estimate of drug-likeness (QED) is 0.822. The maximum Gasteiger partial charge on any atom is 0.135 e. The molecule has 4 nitrogen and oxygen atoms in total. The first-order valence-corrected chi connectivity index (χ1v) is 7.38. The van der Waals surface area contributed by atoms with E-state index in [1.54, 1.807) is 6.33 Å². The SMILES string of the molecule is CCNc1ncnc(NCC2(C)CCC2)c1C(C)C. The van der Waals surface area contributed by atoms with Crippen LogP contribution in [-0.4, -0.2) is 23.1 Å². The van der Waals surface area contributed by atoms with Gasteiger partial charge in [-0.2, -0.15) is 0 Å². The van der Waals surface area contributed by atoms with E-state index in [4.69, 9.17) is 0 Å². The summed E-state index contributed by atoms with van der Waals surface area (Å²) < 4.78 is 0. The largest absolute Gasteiger partial charge is 0.370 e. The average Bonchev–Trinajstić information content (AvgIpc) is 2.34. The Morgan fingerprint density at radius 3 is 2.32 bits per heavy atom. The standard InChI is InChI=1S/C15H26N4/c1-5-16-13-12(11(2)3)14(19-10-18-13)17-9-15(4)7-6-8-15/h10-11H,5-9H2,1-4H3,(H2,16,17,18,19). The van der Waals surface area contributed by atoms with Crippen molar-refractivity contribution in [2.45, 2.75) is 52.9 Å². The summed E-state index contributed by atoms with van der Waals surface area (Å²) in [6, 6.07) is 0. The smallest absolute Gasteiger partial charge is 0.135 e. The molecule has 2 rings (SSSR count). The predicted octanol–water partition coefficient (Wildman–Crippen LogP) is 3.63. The molecule has 2 N–H and O–H groups in total. The van der Waals surface area contributed by atoms with E-state index in [0.717, 1.165) is 24.7 Å². The predicted molar refractivity (Wildman–Crippen MR) is 80.7 cm³/mol. The fourth-order valence-electron chi connectivity index (χ4n) is 2.65. The lowest BCUT2D eigenvalue weighted by molar-refractivity contribution is 0.179. The molecule has 1 aromatic rings. The molecule has 19 heavy (non-hydrogen) atoms. The first-order valence-electron chi connectivity index (χ1n) is 7.38. The lowest BCUT2D eigenvalue weighted by Crippen LogP contribution is -2.33. The van der Waals surface area contributed by atoms with Gasteiger partial charge in [-0.25, -0.2) is 9.97 Å². The Balaban J connectivity index is 2.16. The minimum atomic E-state index is 0.409. The van der Waals surface area contributed by atoms with Crippen molar-refractivity contribution < 1.29 is 0 Å². The molecule has 1 saturated carbocycles. The first-order chi connectivity index (χ1) is 9.06. The Bertz CT molecular complexity index is 424. The van der Waals surface area contributed by atoms with Crippen molar-refractivity contribution in [1.82, 2.24) is 9.97 Å². The van der Waals surface area contributed by atoms with Gasteiger partial charge in [0.2, 0.25) is 0 Å². The molecule has 0 amide bonds. The molecule has 1 aliphatic carbocycles. The molecule has 4 heteroatoms. The van der Waals surface area contributed by atoms with Gasteiger partial charge in [0, 0.05) is 18.7 Å². The minimum Gasteiger partial charge on any atom is -0.370 e. The van der Waals surface area contributed by atoms with Crippen molar-refractivity contribution in [3.8, 4) is 0 Å². The monoisotopic (exact) mass is 262 g/mol. The van der Waals surface area contributed by atoms with Crippen molar-refractivity contribution in [2.75, 3.05) is 23.7 Å². The lowest BCUT2D eigenvalue weighted by atomic mass is 9.70. The number of hydrogen-bond donors (Lipinski definition) is 2. The van der Waals surface area contributed by atoms with Crippen molar-refractivity contribution in [3.05, 3.63) is 11.9 Å². The number of nitrogens with zero attached hydrogens (tertiary/aromatic N) is 2.